The van der Waals surface area contributed by atoms with Crippen LogP contribution in [-0.4, -0.2) is 47.8 Å². The van der Waals surface area contributed by atoms with Crippen LogP contribution in [0, 0.1) is 5.92 Å². The lowest BCUT2D eigenvalue weighted by Gasteiger charge is -2.35. The number of ketones is 1. The van der Waals surface area contributed by atoms with Crippen molar-refractivity contribution in [3.8, 4) is 0 Å². The Morgan fingerprint density at radius 1 is 1.29 bits per heavy atom. The number of benzene rings is 1. The van der Waals surface area contributed by atoms with Gasteiger partial charge in [0.1, 0.15) is 5.78 Å². The summed E-state index contributed by atoms with van der Waals surface area (Å²) >= 11 is 0. The number of ether oxygens (including phenoxy) is 1. The minimum Gasteiger partial charge on any atom is -0.465 e. The molecule has 1 saturated carbocycles. The summed E-state index contributed by atoms with van der Waals surface area (Å²) in [6.07, 6.45) is 4.35. The highest BCUT2D eigenvalue weighted by Crippen LogP contribution is 2.43. The zero-order chi connectivity index (χ0) is 17.3. The van der Waals surface area contributed by atoms with Crippen molar-refractivity contribution in [2.75, 3.05) is 7.11 Å². The van der Waals surface area contributed by atoms with E-state index in [0.29, 0.717) is 30.4 Å². The molecule has 6 heteroatoms. The summed E-state index contributed by atoms with van der Waals surface area (Å²) in [7, 11) is 0.798. The van der Waals surface area contributed by atoms with E-state index in [1.165, 1.54) is 7.11 Å². The second-order valence-electron chi connectivity index (χ2n) is 6.91. The normalized spacial score (nSPS) is 25.7. The molecule has 5 nitrogen and oxygen atoms in total. The van der Waals surface area contributed by atoms with Crippen LogP contribution >= 0.6 is 0 Å². The van der Waals surface area contributed by atoms with Crippen LogP contribution < -0.4 is 0 Å². The summed E-state index contributed by atoms with van der Waals surface area (Å²) in [6, 6.07) is 7.43. The fourth-order valence-corrected chi connectivity index (χ4v) is 4.33. The maximum atomic E-state index is 12.7. The maximum Gasteiger partial charge on any atom is 0.377 e. The summed E-state index contributed by atoms with van der Waals surface area (Å²) in [5.41, 5.74) is 1.55. The SMILES string of the molecule is COC(=O)c1ccc(CCC(=O)[C@H]2[C@@H]3CC[C@@H](C3)N2B(C)O)cc1. The van der Waals surface area contributed by atoms with Crippen LogP contribution in [0.2, 0.25) is 6.82 Å². The molecule has 1 saturated heterocycles. The minimum atomic E-state index is -0.561. The number of hydrogen-bond acceptors (Lipinski definition) is 5. The topological polar surface area (TPSA) is 66.8 Å². The predicted octanol–water partition coefficient (Wildman–Crippen LogP) is 1.94. The van der Waals surface area contributed by atoms with Crippen molar-refractivity contribution in [3.63, 3.8) is 0 Å². The number of rotatable bonds is 6. The van der Waals surface area contributed by atoms with Crippen LogP contribution in [0.1, 0.15) is 41.6 Å². The van der Waals surface area contributed by atoms with E-state index in [9.17, 15) is 14.6 Å². The molecule has 3 rings (SSSR count). The summed E-state index contributed by atoms with van der Waals surface area (Å²) in [6.45, 7) is 1.76. The molecular formula is C18H24BNO4. The molecule has 0 spiro atoms. The van der Waals surface area contributed by atoms with E-state index in [1.54, 1.807) is 19.0 Å². The summed E-state index contributed by atoms with van der Waals surface area (Å²) in [5.74, 6) is 0.270. The van der Waals surface area contributed by atoms with Crippen molar-refractivity contribution in [1.29, 1.82) is 0 Å². The molecule has 128 valence electrons. The maximum absolute atomic E-state index is 12.7. The molecule has 0 radical (unpaired) electrons. The number of aryl methyl sites for hydroxylation is 1. The number of methoxy groups -OCH3 is 1. The van der Waals surface area contributed by atoms with Gasteiger partial charge in [-0.05, 0) is 56.1 Å². The first-order valence-electron chi connectivity index (χ1n) is 8.66. The van der Waals surface area contributed by atoms with Crippen molar-refractivity contribution in [1.82, 2.24) is 4.81 Å². The van der Waals surface area contributed by atoms with Gasteiger partial charge in [-0.2, -0.15) is 0 Å². The number of esters is 1. The third-order valence-corrected chi connectivity index (χ3v) is 5.43. The Hall–Kier alpha value is -1.66. The van der Waals surface area contributed by atoms with E-state index in [4.69, 9.17) is 0 Å². The van der Waals surface area contributed by atoms with Gasteiger partial charge >= 0.3 is 13.0 Å². The highest BCUT2D eigenvalue weighted by Gasteiger charge is 2.50. The molecule has 1 N–H and O–H groups in total. The number of fused-ring (bicyclic) bond motifs is 2. The Morgan fingerprint density at radius 2 is 2.00 bits per heavy atom. The van der Waals surface area contributed by atoms with Gasteiger partial charge in [-0.25, -0.2) is 4.79 Å². The van der Waals surface area contributed by atoms with Gasteiger partial charge in [-0.15, -0.1) is 0 Å². The molecule has 0 aromatic heterocycles. The van der Waals surface area contributed by atoms with Gasteiger partial charge < -0.3 is 14.6 Å². The first-order chi connectivity index (χ1) is 11.5. The molecule has 1 aliphatic heterocycles. The number of piperidine rings is 1. The van der Waals surface area contributed by atoms with E-state index < -0.39 is 7.05 Å². The second kappa shape index (κ2) is 7.07. The van der Waals surface area contributed by atoms with Crippen LogP contribution in [-0.2, 0) is 16.0 Å². The van der Waals surface area contributed by atoms with Crippen molar-refractivity contribution >= 4 is 18.8 Å². The lowest BCUT2D eigenvalue weighted by Crippen LogP contribution is -2.52. The largest absolute Gasteiger partial charge is 0.465 e. The molecule has 0 amide bonds. The molecule has 1 heterocycles. The second-order valence-corrected chi connectivity index (χ2v) is 6.91. The van der Waals surface area contributed by atoms with E-state index in [1.807, 2.05) is 16.9 Å². The number of Topliss-reactive ketones (excluding diaryl/α,β-unsaturated/α-hetero) is 1. The first kappa shape index (κ1) is 17.2. The van der Waals surface area contributed by atoms with Crippen LogP contribution in [0.3, 0.4) is 0 Å². The minimum absolute atomic E-state index is 0.127. The summed E-state index contributed by atoms with van der Waals surface area (Å²) in [5, 5.41) is 10.0. The van der Waals surface area contributed by atoms with Crippen molar-refractivity contribution in [2.24, 2.45) is 5.92 Å². The molecular weight excluding hydrogens is 305 g/mol. The molecule has 2 aliphatic rings. The van der Waals surface area contributed by atoms with E-state index in [-0.39, 0.29) is 17.8 Å². The average molecular weight is 329 g/mol. The van der Waals surface area contributed by atoms with E-state index >= 15 is 0 Å². The third-order valence-electron chi connectivity index (χ3n) is 5.43. The zero-order valence-corrected chi connectivity index (χ0v) is 14.3. The average Bonchev–Trinajstić information content (AvgIpc) is 3.20. The van der Waals surface area contributed by atoms with Gasteiger partial charge in [0.05, 0.1) is 18.7 Å². The van der Waals surface area contributed by atoms with Gasteiger partial charge in [0.2, 0.25) is 0 Å². The number of carbonyl (C=O) groups is 2. The lowest BCUT2D eigenvalue weighted by atomic mass is 9.78. The van der Waals surface area contributed by atoms with Crippen molar-refractivity contribution < 1.29 is 19.3 Å². The molecule has 24 heavy (non-hydrogen) atoms. The Kier molecular flexibility index (Phi) is 5.06. The van der Waals surface area contributed by atoms with Crippen LogP contribution in [0.25, 0.3) is 0 Å². The Labute approximate surface area is 143 Å². The predicted molar refractivity (Wildman–Crippen MR) is 91.7 cm³/mol. The van der Waals surface area contributed by atoms with Crippen molar-refractivity contribution in [2.45, 2.75) is 51.0 Å². The number of hydrogen-bond donors (Lipinski definition) is 1. The molecule has 0 unspecified atom stereocenters. The molecule has 2 bridgehead atoms. The van der Waals surface area contributed by atoms with Gasteiger partial charge in [-0.3, -0.25) is 4.79 Å². The molecule has 1 aromatic rings. The smallest absolute Gasteiger partial charge is 0.377 e. The fraction of sp³-hybridized carbons (Fsp3) is 0.556. The highest BCUT2D eigenvalue weighted by molar-refractivity contribution is 6.46. The summed E-state index contributed by atoms with van der Waals surface area (Å²) in [4.78, 5) is 26.2. The Morgan fingerprint density at radius 3 is 2.62 bits per heavy atom. The molecule has 1 aliphatic carbocycles. The third kappa shape index (κ3) is 3.26. The van der Waals surface area contributed by atoms with E-state index in [2.05, 4.69) is 4.74 Å². The lowest BCUT2D eigenvalue weighted by molar-refractivity contribution is -0.124. The quantitative estimate of drug-likeness (QED) is 0.638. The number of carbonyl (C=O) groups excluding carboxylic acids is 2. The fourth-order valence-electron chi connectivity index (χ4n) is 4.33. The molecule has 1 aromatic carbocycles. The van der Waals surface area contributed by atoms with Gasteiger partial charge in [0.15, 0.2) is 0 Å². The number of nitrogens with zero attached hydrogens (tertiary/aromatic N) is 1. The van der Waals surface area contributed by atoms with Crippen LogP contribution in [0.15, 0.2) is 24.3 Å². The highest BCUT2D eigenvalue weighted by atomic mass is 16.5. The van der Waals surface area contributed by atoms with Crippen LogP contribution in [0.4, 0.5) is 0 Å². The standard InChI is InChI=1S/C18H24BNO4/c1-19(23)20-15-9-8-14(11-15)17(20)16(21)10-5-12-3-6-13(7-4-12)18(22)24-2/h3-4,6-7,14-15,17,23H,5,8-11H2,1-2H3/t14-,15+,17-/m1/s1. The van der Waals surface area contributed by atoms with Gasteiger partial charge in [0, 0.05) is 12.5 Å². The Balaban J connectivity index is 1.60. The first-order valence-corrected chi connectivity index (χ1v) is 8.66. The zero-order valence-electron chi connectivity index (χ0n) is 14.3. The molecule has 2 fully saturated rings. The van der Waals surface area contributed by atoms with Crippen LogP contribution in [0.5, 0.6) is 0 Å². The van der Waals surface area contributed by atoms with Gasteiger partial charge in [0.25, 0.3) is 0 Å². The monoisotopic (exact) mass is 329 g/mol. The van der Waals surface area contributed by atoms with Gasteiger partial charge in [-0.1, -0.05) is 12.1 Å². The summed E-state index contributed by atoms with van der Waals surface area (Å²) < 4.78 is 4.68. The van der Waals surface area contributed by atoms with E-state index in [0.717, 1.165) is 24.8 Å². The Bertz CT molecular complexity index is 616. The van der Waals surface area contributed by atoms with Crippen molar-refractivity contribution in [3.05, 3.63) is 35.4 Å². The molecule has 3 atom stereocenters.